The Morgan fingerprint density at radius 1 is 1.47 bits per heavy atom. The van der Waals surface area contributed by atoms with Gasteiger partial charge in [0.05, 0.1) is 22.5 Å². The van der Waals surface area contributed by atoms with Crippen LogP contribution in [0.3, 0.4) is 0 Å². The Kier molecular flexibility index (Phi) is 3.76. The van der Waals surface area contributed by atoms with Gasteiger partial charge in [0, 0.05) is 4.88 Å². The van der Waals surface area contributed by atoms with Crippen molar-refractivity contribution in [1.29, 1.82) is 0 Å². The van der Waals surface area contributed by atoms with E-state index in [0.717, 1.165) is 33.3 Å². The van der Waals surface area contributed by atoms with Crippen LogP contribution in [0.15, 0.2) is 17.5 Å². The number of hydrogen-bond donors (Lipinski definition) is 1. The predicted octanol–water partition coefficient (Wildman–Crippen LogP) is 3.11. The van der Waals surface area contributed by atoms with E-state index >= 15 is 0 Å². The number of aryl methyl sites for hydroxylation is 2. The molecule has 5 heteroatoms. The van der Waals surface area contributed by atoms with E-state index in [1.807, 2.05) is 31.4 Å². The molecule has 2 heterocycles. The monoisotopic (exact) mass is 267 g/mol. The number of rotatable bonds is 3. The number of hydrogen-bond acceptors (Lipinski definition) is 4. The Balaban J connectivity index is 2.46. The molecule has 0 saturated carbocycles. The van der Waals surface area contributed by atoms with E-state index in [1.165, 1.54) is 0 Å². The van der Waals surface area contributed by atoms with Gasteiger partial charge in [0.1, 0.15) is 0 Å². The summed E-state index contributed by atoms with van der Waals surface area (Å²) in [6.07, 6.45) is 0.819. The van der Waals surface area contributed by atoms with Crippen LogP contribution in [-0.4, -0.2) is 10.2 Å². The third kappa shape index (κ3) is 2.49. The molecule has 2 rings (SSSR count). The van der Waals surface area contributed by atoms with E-state index in [-0.39, 0.29) is 6.04 Å². The number of aromatic nitrogens is 2. The van der Waals surface area contributed by atoms with Crippen molar-refractivity contribution in [3.63, 3.8) is 0 Å². The van der Waals surface area contributed by atoms with Crippen molar-refractivity contribution in [2.45, 2.75) is 26.3 Å². The summed E-state index contributed by atoms with van der Waals surface area (Å²) in [5.74, 6) is 0. The van der Waals surface area contributed by atoms with Crippen LogP contribution in [0.4, 0.5) is 0 Å². The number of nitrogens with zero attached hydrogens (tertiary/aromatic N) is 2. The van der Waals surface area contributed by atoms with Gasteiger partial charge in [0.15, 0.2) is 0 Å². The molecule has 1 atom stereocenters. The van der Waals surface area contributed by atoms with Crippen LogP contribution in [-0.2, 0) is 6.42 Å². The second-order valence-electron chi connectivity index (χ2n) is 3.85. The van der Waals surface area contributed by atoms with Crippen molar-refractivity contribution < 1.29 is 0 Å². The zero-order chi connectivity index (χ0) is 12.4. The first-order valence-electron chi connectivity index (χ1n) is 5.45. The Morgan fingerprint density at radius 3 is 2.82 bits per heavy atom. The summed E-state index contributed by atoms with van der Waals surface area (Å²) in [6.45, 7) is 3.96. The summed E-state index contributed by atoms with van der Waals surface area (Å²) in [6, 6.07) is 3.65. The van der Waals surface area contributed by atoms with Gasteiger partial charge in [-0.05, 0) is 36.4 Å². The predicted molar refractivity (Wildman–Crippen MR) is 71.5 cm³/mol. The fourth-order valence-corrected chi connectivity index (χ4v) is 2.94. The van der Waals surface area contributed by atoms with E-state index in [4.69, 9.17) is 17.3 Å². The van der Waals surface area contributed by atoms with Crippen LogP contribution in [0.2, 0.25) is 5.02 Å². The molecule has 0 aliphatic carbocycles. The van der Waals surface area contributed by atoms with Gasteiger partial charge in [0.25, 0.3) is 0 Å². The van der Waals surface area contributed by atoms with Gasteiger partial charge in [-0.25, -0.2) is 0 Å². The van der Waals surface area contributed by atoms with Gasteiger partial charge >= 0.3 is 0 Å². The molecule has 2 aromatic heterocycles. The lowest BCUT2D eigenvalue weighted by Crippen LogP contribution is -2.15. The van der Waals surface area contributed by atoms with Crippen LogP contribution >= 0.6 is 22.9 Å². The lowest BCUT2D eigenvalue weighted by Gasteiger charge is -2.14. The van der Waals surface area contributed by atoms with Gasteiger partial charge in [-0.3, -0.25) is 0 Å². The molecule has 2 N–H and O–H groups in total. The lowest BCUT2D eigenvalue weighted by molar-refractivity contribution is 0.799. The molecule has 0 fully saturated rings. The summed E-state index contributed by atoms with van der Waals surface area (Å²) in [5.41, 5.74) is 9.10. The molecule has 1 unspecified atom stereocenters. The Labute approximate surface area is 110 Å². The zero-order valence-corrected chi connectivity index (χ0v) is 11.3. The smallest absolute Gasteiger partial charge is 0.0680 e. The standard InChI is InChI=1S/C12H14ClN3S/c1-3-10-8(6-7(2)15-16-10)11(14)12-9(13)4-5-17-12/h4-6,11H,3,14H2,1-2H3. The minimum Gasteiger partial charge on any atom is -0.320 e. The molecule has 90 valence electrons. The third-order valence-electron chi connectivity index (χ3n) is 2.62. The molecule has 0 radical (unpaired) electrons. The quantitative estimate of drug-likeness (QED) is 0.930. The maximum atomic E-state index is 6.27. The first-order chi connectivity index (χ1) is 8.13. The summed E-state index contributed by atoms with van der Waals surface area (Å²) >= 11 is 7.69. The fraction of sp³-hybridized carbons (Fsp3) is 0.333. The largest absolute Gasteiger partial charge is 0.320 e. The summed E-state index contributed by atoms with van der Waals surface area (Å²) in [4.78, 5) is 0.980. The minimum atomic E-state index is -0.216. The normalized spacial score (nSPS) is 12.7. The van der Waals surface area contributed by atoms with Crippen molar-refractivity contribution in [2.75, 3.05) is 0 Å². The van der Waals surface area contributed by atoms with Crippen molar-refractivity contribution in [2.24, 2.45) is 5.73 Å². The summed E-state index contributed by atoms with van der Waals surface area (Å²) < 4.78 is 0. The number of thiophene rings is 1. The fourth-order valence-electron chi connectivity index (χ4n) is 1.75. The SMILES string of the molecule is CCc1nnc(C)cc1C(N)c1sccc1Cl. The van der Waals surface area contributed by atoms with Crippen LogP contribution in [0.25, 0.3) is 0 Å². The van der Waals surface area contributed by atoms with Crippen molar-refractivity contribution in [3.8, 4) is 0 Å². The first kappa shape index (κ1) is 12.5. The van der Waals surface area contributed by atoms with Crippen LogP contribution in [0, 0.1) is 6.92 Å². The molecule has 0 aliphatic heterocycles. The minimum absolute atomic E-state index is 0.216. The van der Waals surface area contributed by atoms with E-state index < -0.39 is 0 Å². The Hall–Kier alpha value is -0.970. The molecule has 3 nitrogen and oxygen atoms in total. The Bertz CT molecular complexity index is 524. The summed E-state index contributed by atoms with van der Waals surface area (Å²) in [7, 11) is 0. The van der Waals surface area contributed by atoms with Gasteiger partial charge in [-0.1, -0.05) is 18.5 Å². The maximum absolute atomic E-state index is 6.27. The highest BCUT2D eigenvalue weighted by molar-refractivity contribution is 7.10. The zero-order valence-electron chi connectivity index (χ0n) is 9.77. The highest BCUT2D eigenvalue weighted by Crippen LogP contribution is 2.32. The van der Waals surface area contributed by atoms with Crippen molar-refractivity contribution in [1.82, 2.24) is 10.2 Å². The van der Waals surface area contributed by atoms with E-state index in [0.29, 0.717) is 0 Å². The second-order valence-corrected chi connectivity index (χ2v) is 5.21. The molecule has 0 spiro atoms. The van der Waals surface area contributed by atoms with Gasteiger partial charge < -0.3 is 5.73 Å². The Morgan fingerprint density at radius 2 is 2.24 bits per heavy atom. The molecular weight excluding hydrogens is 254 g/mol. The molecule has 17 heavy (non-hydrogen) atoms. The summed E-state index contributed by atoms with van der Waals surface area (Å²) in [5, 5.41) is 10.9. The van der Waals surface area contributed by atoms with E-state index in [9.17, 15) is 0 Å². The van der Waals surface area contributed by atoms with Crippen LogP contribution in [0.5, 0.6) is 0 Å². The van der Waals surface area contributed by atoms with Gasteiger partial charge in [-0.2, -0.15) is 10.2 Å². The van der Waals surface area contributed by atoms with Crippen molar-refractivity contribution >= 4 is 22.9 Å². The van der Waals surface area contributed by atoms with Crippen LogP contribution in [0.1, 0.15) is 34.8 Å². The first-order valence-corrected chi connectivity index (χ1v) is 6.70. The average Bonchev–Trinajstić information content (AvgIpc) is 2.74. The van der Waals surface area contributed by atoms with Gasteiger partial charge in [0.2, 0.25) is 0 Å². The topological polar surface area (TPSA) is 51.8 Å². The lowest BCUT2D eigenvalue weighted by atomic mass is 10.0. The number of nitrogens with two attached hydrogens (primary N) is 1. The number of halogens is 1. The molecular formula is C12H14ClN3S. The molecule has 0 amide bonds. The second kappa shape index (κ2) is 5.12. The van der Waals surface area contributed by atoms with Crippen molar-refractivity contribution in [3.05, 3.63) is 44.4 Å². The van der Waals surface area contributed by atoms with Crippen LogP contribution < -0.4 is 5.73 Å². The molecule has 0 bridgehead atoms. The third-order valence-corrected chi connectivity index (χ3v) is 4.06. The molecule has 0 aliphatic rings. The highest BCUT2D eigenvalue weighted by atomic mass is 35.5. The van der Waals surface area contributed by atoms with E-state index in [1.54, 1.807) is 11.3 Å². The molecule has 0 aromatic carbocycles. The maximum Gasteiger partial charge on any atom is 0.0680 e. The highest BCUT2D eigenvalue weighted by Gasteiger charge is 2.18. The van der Waals surface area contributed by atoms with Gasteiger partial charge in [-0.15, -0.1) is 11.3 Å². The average molecular weight is 268 g/mol. The molecule has 0 saturated heterocycles. The molecule has 2 aromatic rings. The van der Waals surface area contributed by atoms with E-state index in [2.05, 4.69) is 10.2 Å².